The fourth-order valence-electron chi connectivity index (χ4n) is 4.92. The summed E-state index contributed by atoms with van der Waals surface area (Å²) in [7, 11) is 2.12. The second-order valence-corrected chi connectivity index (χ2v) is 8.34. The first-order chi connectivity index (χ1) is 14.0. The normalized spacial score (nSPS) is 28.4. The number of fused-ring (bicyclic) bond motifs is 4. The number of aryl methyl sites for hydroxylation is 1. The van der Waals surface area contributed by atoms with E-state index in [0.29, 0.717) is 17.8 Å². The predicted octanol–water partition coefficient (Wildman–Crippen LogP) is 3.35. The highest BCUT2D eigenvalue weighted by molar-refractivity contribution is 6.41. The first-order valence-corrected chi connectivity index (χ1v) is 10.1. The number of hydrogen-bond acceptors (Lipinski definition) is 6. The Hall–Kier alpha value is -3.06. The van der Waals surface area contributed by atoms with Crippen LogP contribution in [0.5, 0.6) is 0 Å². The summed E-state index contributed by atoms with van der Waals surface area (Å²) in [4.78, 5) is 19.0. The van der Waals surface area contributed by atoms with E-state index in [1.165, 1.54) is 0 Å². The number of nitrogens with zero attached hydrogens (tertiary/aromatic N) is 6. The third kappa shape index (κ3) is 2.28. The summed E-state index contributed by atoms with van der Waals surface area (Å²) < 4.78 is 2.25. The lowest BCUT2D eigenvalue weighted by Gasteiger charge is -2.24. The molecule has 1 aromatic carbocycles. The number of pyridine rings is 1. The molecule has 4 heterocycles. The topological polar surface area (TPSA) is 70.7 Å². The second kappa shape index (κ2) is 5.73. The van der Waals surface area contributed by atoms with E-state index in [2.05, 4.69) is 64.1 Å². The molecule has 0 spiro atoms. The molecular formula is C22H23N7. The molecule has 2 aromatic heterocycles. The van der Waals surface area contributed by atoms with E-state index in [4.69, 9.17) is 9.98 Å². The fourth-order valence-corrected chi connectivity index (χ4v) is 4.92. The van der Waals surface area contributed by atoms with Crippen molar-refractivity contribution in [3.63, 3.8) is 0 Å². The zero-order valence-electron chi connectivity index (χ0n) is 17.0. The Bertz CT molecular complexity index is 1260. The van der Waals surface area contributed by atoms with Gasteiger partial charge in [-0.3, -0.25) is 15.0 Å². The first-order valence-electron chi connectivity index (χ1n) is 10.1. The van der Waals surface area contributed by atoms with Gasteiger partial charge in [0.2, 0.25) is 0 Å². The van der Waals surface area contributed by atoms with Crippen molar-refractivity contribution in [3.8, 4) is 0 Å². The van der Waals surface area contributed by atoms with Gasteiger partial charge in [0, 0.05) is 36.7 Å². The molecule has 29 heavy (non-hydrogen) atoms. The largest absolute Gasteiger partial charge is 0.331 e. The lowest BCUT2D eigenvalue weighted by molar-refractivity contribution is 0.327. The SMILES string of the molecule is CC1=CN=C(C)C2=NC(C3C(C)C3c3nc4c5cccnc5ccc4n3C)NN12. The number of amidine groups is 1. The monoisotopic (exact) mass is 385 g/mol. The lowest BCUT2D eigenvalue weighted by Crippen LogP contribution is -2.43. The van der Waals surface area contributed by atoms with Crippen molar-refractivity contribution in [2.24, 2.45) is 28.9 Å². The van der Waals surface area contributed by atoms with Crippen LogP contribution in [0.15, 0.2) is 52.3 Å². The third-order valence-electron chi connectivity index (χ3n) is 6.63. The number of aromatic nitrogens is 3. The van der Waals surface area contributed by atoms with Crippen LogP contribution in [0.1, 0.15) is 32.5 Å². The Labute approximate surface area is 168 Å². The number of rotatable bonds is 2. The Morgan fingerprint density at radius 1 is 1.14 bits per heavy atom. The Morgan fingerprint density at radius 3 is 2.83 bits per heavy atom. The minimum Gasteiger partial charge on any atom is -0.331 e. The molecule has 4 unspecified atom stereocenters. The van der Waals surface area contributed by atoms with E-state index < -0.39 is 0 Å². The van der Waals surface area contributed by atoms with E-state index in [1.54, 1.807) is 0 Å². The lowest BCUT2D eigenvalue weighted by atomic mass is 10.2. The van der Waals surface area contributed by atoms with Gasteiger partial charge in [-0.1, -0.05) is 6.92 Å². The van der Waals surface area contributed by atoms with Crippen molar-refractivity contribution in [2.45, 2.75) is 32.9 Å². The van der Waals surface area contributed by atoms with Gasteiger partial charge in [0.05, 0.1) is 28.0 Å². The highest BCUT2D eigenvalue weighted by Crippen LogP contribution is 2.56. The van der Waals surface area contributed by atoms with Gasteiger partial charge >= 0.3 is 0 Å². The molecular weight excluding hydrogens is 362 g/mol. The zero-order valence-corrected chi connectivity index (χ0v) is 17.0. The molecule has 7 heteroatoms. The van der Waals surface area contributed by atoms with E-state index in [9.17, 15) is 0 Å². The summed E-state index contributed by atoms with van der Waals surface area (Å²) in [6, 6.07) is 8.30. The molecule has 1 saturated carbocycles. The molecule has 1 fully saturated rings. The van der Waals surface area contributed by atoms with Crippen molar-refractivity contribution in [1.82, 2.24) is 25.0 Å². The second-order valence-electron chi connectivity index (χ2n) is 8.34. The highest BCUT2D eigenvalue weighted by Gasteiger charge is 2.56. The average molecular weight is 385 g/mol. The molecule has 4 atom stereocenters. The molecule has 0 bridgehead atoms. The van der Waals surface area contributed by atoms with Crippen molar-refractivity contribution in [3.05, 3.63) is 48.2 Å². The molecule has 0 amide bonds. The van der Waals surface area contributed by atoms with Crippen LogP contribution < -0.4 is 5.43 Å². The van der Waals surface area contributed by atoms with E-state index in [-0.39, 0.29) is 6.17 Å². The van der Waals surface area contributed by atoms with Gasteiger partial charge in [0.15, 0.2) is 5.84 Å². The maximum atomic E-state index is 5.09. The first kappa shape index (κ1) is 16.9. The molecule has 0 radical (unpaired) electrons. The smallest absolute Gasteiger partial charge is 0.165 e. The summed E-state index contributed by atoms with van der Waals surface area (Å²) in [6.07, 6.45) is 3.77. The maximum Gasteiger partial charge on any atom is 0.165 e. The van der Waals surface area contributed by atoms with Crippen molar-refractivity contribution in [2.75, 3.05) is 0 Å². The molecule has 0 saturated heterocycles. The quantitative estimate of drug-likeness (QED) is 0.734. The van der Waals surface area contributed by atoms with Gasteiger partial charge in [-0.2, -0.15) is 0 Å². The third-order valence-corrected chi connectivity index (χ3v) is 6.63. The molecule has 1 aliphatic carbocycles. The van der Waals surface area contributed by atoms with Crippen LogP contribution in [0, 0.1) is 11.8 Å². The Morgan fingerprint density at radius 2 is 2.00 bits per heavy atom. The summed E-state index contributed by atoms with van der Waals surface area (Å²) in [5.74, 6) is 3.38. The van der Waals surface area contributed by atoms with Gasteiger partial charge in [0.25, 0.3) is 0 Å². The molecule has 2 aliphatic heterocycles. The molecule has 1 N–H and O–H groups in total. The number of allylic oxidation sites excluding steroid dienone is 1. The predicted molar refractivity (Wildman–Crippen MR) is 114 cm³/mol. The van der Waals surface area contributed by atoms with Crippen LogP contribution in [-0.4, -0.2) is 37.3 Å². The zero-order chi connectivity index (χ0) is 19.9. The van der Waals surface area contributed by atoms with Gasteiger partial charge in [0.1, 0.15) is 12.0 Å². The average Bonchev–Trinajstić information content (AvgIpc) is 3.06. The summed E-state index contributed by atoms with van der Waals surface area (Å²) in [5, 5.41) is 3.18. The number of hydrogen-bond donors (Lipinski definition) is 1. The fraction of sp³-hybridized carbons (Fsp3) is 0.364. The standard InChI is InChI=1S/C22H23N7/c1-11-10-24-13(3)21-26-20(27-29(11)21)17-12(2)18(17)22-25-19-14-6-5-9-23-15(14)7-8-16(19)28(22)4/h5-10,12,17-18,20,27H,1-4H3. The number of imidazole rings is 1. The van der Waals surface area contributed by atoms with Crippen LogP contribution in [0.25, 0.3) is 21.9 Å². The summed E-state index contributed by atoms with van der Waals surface area (Å²) >= 11 is 0. The molecule has 6 rings (SSSR count). The van der Waals surface area contributed by atoms with E-state index >= 15 is 0 Å². The number of nitrogens with one attached hydrogen (secondary N) is 1. The van der Waals surface area contributed by atoms with Gasteiger partial charge < -0.3 is 4.57 Å². The van der Waals surface area contributed by atoms with Crippen LogP contribution in [0.3, 0.4) is 0 Å². The Kier molecular flexibility index (Phi) is 3.33. The summed E-state index contributed by atoms with van der Waals surface area (Å²) in [6.45, 7) is 6.37. The maximum absolute atomic E-state index is 5.09. The van der Waals surface area contributed by atoms with Crippen LogP contribution >= 0.6 is 0 Å². The van der Waals surface area contributed by atoms with Gasteiger partial charge in [-0.05, 0) is 44.0 Å². The van der Waals surface area contributed by atoms with Gasteiger partial charge in [-0.15, -0.1) is 0 Å². The van der Waals surface area contributed by atoms with Gasteiger partial charge in [-0.25, -0.2) is 15.4 Å². The van der Waals surface area contributed by atoms with Crippen molar-refractivity contribution in [1.29, 1.82) is 0 Å². The summed E-state index contributed by atoms with van der Waals surface area (Å²) in [5.41, 5.74) is 8.79. The molecule has 3 aliphatic rings. The highest BCUT2D eigenvalue weighted by atomic mass is 15.6. The number of hydrazine groups is 1. The van der Waals surface area contributed by atoms with E-state index in [1.807, 2.05) is 25.4 Å². The van der Waals surface area contributed by atoms with Crippen LogP contribution in [0.4, 0.5) is 0 Å². The van der Waals surface area contributed by atoms with Crippen molar-refractivity contribution >= 4 is 33.5 Å². The van der Waals surface area contributed by atoms with E-state index in [0.717, 1.165) is 45.0 Å². The minimum absolute atomic E-state index is 0.0508. The van der Waals surface area contributed by atoms with Crippen molar-refractivity contribution < 1.29 is 0 Å². The van der Waals surface area contributed by atoms with Crippen LogP contribution in [0.2, 0.25) is 0 Å². The molecule has 3 aromatic rings. The molecule has 146 valence electrons. The number of benzene rings is 1. The molecule has 7 nitrogen and oxygen atoms in total. The number of aliphatic imine (C=N–C) groups is 2. The Balaban J connectivity index is 1.38. The minimum atomic E-state index is 0.0508. The van der Waals surface area contributed by atoms with Crippen LogP contribution in [-0.2, 0) is 7.05 Å².